The van der Waals surface area contributed by atoms with Crippen LogP contribution in [-0.2, 0) is 9.59 Å². The summed E-state index contributed by atoms with van der Waals surface area (Å²) in [5.41, 5.74) is 1.12. The summed E-state index contributed by atoms with van der Waals surface area (Å²) in [6.07, 6.45) is 0. The van der Waals surface area contributed by atoms with Gasteiger partial charge in [0.1, 0.15) is 17.3 Å². The number of hydrogen-bond donors (Lipinski definition) is 2. The van der Waals surface area contributed by atoms with Crippen molar-refractivity contribution in [2.24, 2.45) is 5.92 Å². The molecule has 0 aliphatic carbocycles. The van der Waals surface area contributed by atoms with Crippen LogP contribution in [0.15, 0.2) is 66.2 Å². The van der Waals surface area contributed by atoms with E-state index < -0.39 is 35.1 Å². The van der Waals surface area contributed by atoms with Crippen LogP contribution < -0.4 is 9.64 Å². The number of nitrogens with zero attached hydrogens (tertiary/aromatic N) is 1. The molecule has 2 N–H and O–H groups in total. The van der Waals surface area contributed by atoms with Gasteiger partial charge < -0.3 is 14.9 Å². The molecular formula is C28H25F2NO5. The minimum atomic E-state index is -1.19. The minimum absolute atomic E-state index is 0.0452. The van der Waals surface area contributed by atoms with Gasteiger partial charge in [0.2, 0.25) is 0 Å². The number of Topliss-reactive ketones (excluding diaryl/α,β-unsaturated/α-hetero) is 1. The molecule has 186 valence electrons. The Morgan fingerprint density at radius 3 is 2.31 bits per heavy atom. The Balaban J connectivity index is 1.86. The lowest BCUT2D eigenvalue weighted by Gasteiger charge is -2.25. The Bertz CT molecular complexity index is 1360. The lowest BCUT2D eigenvalue weighted by atomic mass is 9.94. The number of anilines is 1. The van der Waals surface area contributed by atoms with Crippen LogP contribution in [0, 0.1) is 24.5 Å². The van der Waals surface area contributed by atoms with Crippen molar-refractivity contribution in [2.45, 2.75) is 26.8 Å². The van der Waals surface area contributed by atoms with E-state index in [1.165, 1.54) is 30.3 Å². The summed E-state index contributed by atoms with van der Waals surface area (Å²) in [5, 5.41) is 21.0. The molecule has 1 amide bonds. The predicted octanol–water partition coefficient (Wildman–Crippen LogP) is 5.64. The van der Waals surface area contributed by atoms with Crippen LogP contribution in [0.4, 0.5) is 14.5 Å². The number of aromatic hydroxyl groups is 1. The fourth-order valence-corrected chi connectivity index (χ4v) is 4.08. The summed E-state index contributed by atoms with van der Waals surface area (Å²) >= 11 is 0. The van der Waals surface area contributed by atoms with Crippen LogP contribution in [0.25, 0.3) is 5.76 Å². The maximum absolute atomic E-state index is 14.1. The number of phenolic OH excluding ortho intramolecular Hbond substituents is 1. The number of carbonyl (C=O) groups excluding carboxylic acids is 2. The van der Waals surface area contributed by atoms with E-state index in [1.807, 2.05) is 13.8 Å². The normalized spacial score (nSPS) is 17.2. The third-order valence-electron chi connectivity index (χ3n) is 5.86. The summed E-state index contributed by atoms with van der Waals surface area (Å²) in [6.45, 7) is 6.34. The first-order valence-electron chi connectivity index (χ1n) is 11.4. The van der Waals surface area contributed by atoms with Crippen molar-refractivity contribution in [1.82, 2.24) is 0 Å². The molecule has 1 aliphatic rings. The van der Waals surface area contributed by atoms with Crippen molar-refractivity contribution >= 4 is 23.1 Å². The zero-order valence-electron chi connectivity index (χ0n) is 20.0. The number of ketones is 1. The quantitative estimate of drug-likeness (QED) is 0.264. The Morgan fingerprint density at radius 2 is 1.69 bits per heavy atom. The Morgan fingerprint density at radius 1 is 1.00 bits per heavy atom. The van der Waals surface area contributed by atoms with Crippen molar-refractivity contribution in [2.75, 3.05) is 11.5 Å². The molecule has 3 aromatic rings. The fourth-order valence-electron chi connectivity index (χ4n) is 4.08. The summed E-state index contributed by atoms with van der Waals surface area (Å²) in [7, 11) is 0. The number of carbonyl (C=O) groups is 2. The van der Waals surface area contributed by atoms with E-state index in [0.717, 1.165) is 22.6 Å². The van der Waals surface area contributed by atoms with E-state index in [2.05, 4.69) is 0 Å². The highest BCUT2D eigenvalue weighted by molar-refractivity contribution is 6.51. The molecule has 36 heavy (non-hydrogen) atoms. The number of hydrogen-bond acceptors (Lipinski definition) is 5. The molecule has 0 bridgehead atoms. The van der Waals surface area contributed by atoms with Crippen molar-refractivity contribution < 1.29 is 33.3 Å². The fraction of sp³-hybridized carbons (Fsp3) is 0.214. The van der Waals surface area contributed by atoms with Gasteiger partial charge in [-0.3, -0.25) is 14.5 Å². The average Bonchev–Trinajstić information content (AvgIpc) is 3.10. The molecule has 1 fully saturated rings. The molecule has 4 rings (SSSR count). The number of aryl methyl sites for hydroxylation is 1. The van der Waals surface area contributed by atoms with Gasteiger partial charge in [-0.2, -0.15) is 0 Å². The number of aliphatic hydroxyl groups is 1. The monoisotopic (exact) mass is 493 g/mol. The van der Waals surface area contributed by atoms with Crippen LogP contribution in [0.2, 0.25) is 0 Å². The molecule has 3 aromatic carbocycles. The zero-order valence-corrected chi connectivity index (χ0v) is 20.0. The smallest absolute Gasteiger partial charge is 0.300 e. The molecule has 1 atom stereocenters. The summed E-state index contributed by atoms with van der Waals surface area (Å²) in [4.78, 5) is 27.3. The van der Waals surface area contributed by atoms with Gasteiger partial charge in [0.15, 0.2) is 11.6 Å². The zero-order chi connectivity index (χ0) is 26.1. The van der Waals surface area contributed by atoms with Crippen molar-refractivity contribution in [3.8, 4) is 11.5 Å². The molecular weight excluding hydrogens is 468 g/mol. The second-order valence-electron chi connectivity index (χ2n) is 9.04. The molecule has 0 radical (unpaired) electrons. The third kappa shape index (κ3) is 4.66. The number of benzene rings is 3. The maximum Gasteiger partial charge on any atom is 0.300 e. The van der Waals surface area contributed by atoms with E-state index in [0.29, 0.717) is 23.8 Å². The first-order valence-corrected chi connectivity index (χ1v) is 11.4. The highest BCUT2D eigenvalue weighted by Crippen LogP contribution is 2.43. The van der Waals surface area contributed by atoms with Crippen LogP contribution in [0.3, 0.4) is 0 Å². The van der Waals surface area contributed by atoms with Gasteiger partial charge in [0.25, 0.3) is 11.7 Å². The van der Waals surface area contributed by atoms with E-state index in [1.54, 1.807) is 25.1 Å². The van der Waals surface area contributed by atoms with Gasteiger partial charge in [0.05, 0.1) is 18.2 Å². The van der Waals surface area contributed by atoms with Crippen molar-refractivity contribution in [3.05, 3.63) is 94.6 Å². The molecule has 1 aliphatic heterocycles. The molecule has 8 heteroatoms. The second-order valence-corrected chi connectivity index (χ2v) is 9.04. The van der Waals surface area contributed by atoms with Gasteiger partial charge in [-0.1, -0.05) is 26.0 Å². The van der Waals surface area contributed by atoms with Crippen molar-refractivity contribution in [1.29, 1.82) is 0 Å². The van der Waals surface area contributed by atoms with Gasteiger partial charge >= 0.3 is 0 Å². The molecule has 1 unspecified atom stereocenters. The van der Waals surface area contributed by atoms with Crippen molar-refractivity contribution in [3.63, 3.8) is 0 Å². The second kappa shape index (κ2) is 9.81. The first-order chi connectivity index (χ1) is 17.1. The lowest BCUT2D eigenvalue weighted by molar-refractivity contribution is -0.132. The molecule has 1 saturated heterocycles. The third-order valence-corrected chi connectivity index (χ3v) is 5.86. The van der Waals surface area contributed by atoms with E-state index in [9.17, 15) is 28.6 Å². The van der Waals surface area contributed by atoms with Gasteiger partial charge in [-0.15, -0.1) is 0 Å². The van der Waals surface area contributed by atoms with Gasteiger partial charge in [-0.25, -0.2) is 8.78 Å². The largest absolute Gasteiger partial charge is 0.508 e. The Labute approximate surface area is 207 Å². The van der Waals surface area contributed by atoms with E-state index >= 15 is 0 Å². The Kier molecular flexibility index (Phi) is 6.79. The molecule has 1 heterocycles. The van der Waals surface area contributed by atoms with Gasteiger partial charge in [-0.05, 0) is 66.4 Å². The average molecular weight is 494 g/mol. The molecule has 0 spiro atoms. The molecule has 0 saturated carbocycles. The number of ether oxygens (including phenoxy) is 1. The standard InChI is InChI=1S/C28H25F2NO5/c1-15(2)14-36-23-11-6-18(12-16(23)3)26(33)24-25(17-4-8-20(32)9-5-17)31(28(35)27(24)34)19-7-10-21(29)22(30)13-19/h4-13,15,25,32-33H,14H2,1-3H3/b26-24+. The topological polar surface area (TPSA) is 87.1 Å². The van der Waals surface area contributed by atoms with Gasteiger partial charge in [0, 0.05) is 17.3 Å². The Hall–Kier alpha value is -4.20. The molecule has 6 nitrogen and oxygen atoms in total. The summed E-state index contributed by atoms with van der Waals surface area (Å²) < 4.78 is 33.4. The predicted molar refractivity (Wildman–Crippen MR) is 131 cm³/mol. The van der Waals surface area contributed by atoms with Crippen LogP contribution in [0.1, 0.15) is 36.6 Å². The van der Waals surface area contributed by atoms with E-state index in [-0.39, 0.29) is 22.6 Å². The lowest BCUT2D eigenvalue weighted by Crippen LogP contribution is -2.29. The minimum Gasteiger partial charge on any atom is -0.508 e. The summed E-state index contributed by atoms with van der Waals surface area (Å²) in [6, 6.07) is 12.3. The van der Waals surface area contributed by atoms with Crippen LogP contribution in [-0.4, -0.2) is 28.5 Å². The highest BCUT2D eigenvalue weighted by atomic mass is 19.2. The van der Waals surface area contributed by atoms with E-state index in [4.69, 9.17) is 4.74 Å². The summed E-state index contributed by atoms with van der Waals surface area (Å²) in [5.74, 6) is -3.81. The van der Waals surface area contributed by atoms with Crippen LogP contribution >= 0.6 is 0 Å². The SMILES string of the molecule is Cc1cc(/C(O)=C2\C(=O)C(=O)N(c3ccc(F)c(F)c3)C2c2ccc(O)cc2)ccc1OCC(C)C. The number of aliphatic hydroxyl groups excluding tert-OH is 1. The number of phenols is 1. The number of rotatable bonds is 6. The first kappa shape index (κ1) is 24.9. The highest BCUT2D eigenvalue weighted by Gasteiger charge is 2.47. The van der Waals surface area contributed by atoms with Crippen LogP contribution in [0.5, 0.6) is 11.5 Å². The number of amides is 1. The number of halogens is 2. The maximum atomic E-state index is 14.1. The molecule has 0 aromatic heterocycles.